The third-order valence-corrected chi connectivity index (χ3v) is 5.53. The van der Waals surface area contributed by atoms with E-state index < -0.39 is 0 Å². The van der Waals surface area contributed by atoms with Crippen LogP contribution in [0, 0.1) is 0 Å². The zero-order chi connectivity index (χ0) is 19.1. The number of carbonyl (C=O) groups excluding carboxylic acids is 1. The number of nitrogens with zero attached hydrogens (tertiary/aromatic N) is 2. The van der Waals surface area contributed by atoms with Crippen LogP contribution < -0.4 is 9.47 Å². The lowest BCUT2D eigenvalue weighted by Gasteiger charge is -2.35. The molecule has 0 saturated heterocycles. The zero-order valence-corrected chi connectivity index (χ0v) is 16.4. The van der Waals surface area contributed by atoms with Crippen LogP contribution in [0.25, 0.3) is 0 Å². The predicted molar refractivity (Wildman–Crippen MR) is 104 cm³/mol. The second-order valence-corrected chi connectivity index (χ2v) is 7.37. The number of carbonyl (C=O) groups is 1. The van der Waals surface area contributed by atoms with Gasteiger partial charge in [0.15, 0.2) is 11.5 Å². The average Bonchev–Trinajstić information content (AvgIpc) is 2.72. The van der Waals surface area contributed by atoms with Crippen LogP contribution in [0.5, 0.6) is 11.5 Å². The Morgan fingerprint density at radius 1 is 1.15 bits per heavy atom. The maximum absolute atomic E-state index is 12.9. The summed E-state index contributed by atoms with van der Waals surface area (Å²) in [5.41, 5.74) is 1.04. The summed E-state index contributed by atoms with van der Waals surface area (Å²) in [6.45, 7) is 5.40. The van der Waals surface area contributed by atoms with Crippen molar-refractivity contribution < 1.29 is 19.4 Å². The molecule has 150 valence electrons. The van der Waals surface area contributed by atoms with Crippen LogP contribution in [0.4, 0.5) is 0 Å². The van der Waals surface area contributed by atoms with E-state index in [-0.39, 0.29) is 12.5 Å². The Bertz CT molecular complexity index is 616. The standard InChI is InChI=1S/C21H32N2O4/c1-2-22(15-17-8-9-19-20(14-17)27-13-12-26-19)21(25)16-23(10-11-24)18-6-4-3-5-7-18/h8-9,14,18,24H,2-7,10-13,15-16H2,1H3. The van der Waals surface area contributed by atoms with Gasteiger partial charge in [0.1, 0.15) is 13.2 Å². The number of rotatable bonds is 8. The van der Waals surface area contributed by atoms with Crippen molar-refractivity contribution in [2.45, 2.75) is 51.6 Å². The Hall–Kier alpha value is -1.79. The highest BCUT2D eigenvalue weighted by molar-refractivity contribution is 5.78. The van der Waals surface area contributed by atoms with E-state index in [9.17, 15) is 9.90 Å². The second kappa shape index (κ2) is 9.95. The van der Waals surface area contributed by atoms with Crippen molar-refractivity contribution >= 4 is 5.91 Å². The van der Waals surface area contributed by atoms with E-state index in [4.69, 9.17) is 9.47 Å². The van der Waals surface area contributed by atoms with Crippen LogP contribution >= 0.6 is 0 Å². The molecule has 1 aromatic rings. The molecule has 0 radical (unpaired) electrons. The predicted octanol–water partition coefficient (Wildman–Crippen LogP) is 2.43. The van der Waals surface area contributed by atoms with Gasteiger partial charge in [0.25, 0.3) is 0 Å². The molecule has 1 aromatic carbocycles. The summed E-state index contributed by atoms with van der Waals surface area (Å²) in [5.74, 6) is 1.64. The molecule has 3 rings (SSSR count). The molecule has 0 atom stereocenters. The number of ether oxygens (including phenoxy) is 2. The maximum atomic E-state index is 12.9. The minimum atomic E-state index is 0.0953. The number of hydrogen-bond acceptors (Lipinski definition) is 5. The first-order valence-electron chi connectivity index (χ1n) is 10.2. The van der Waals surface area contributed by atoms with Gasteiger partial charge in [-0.25, -0.2) is 0 Å². The van der Waals surface area contributed by atoms with E-state index >= 15 is 0 Å². The smallest absolute Gasteiger partial charge is 0.237 e. The second-order valence-electron chi connectivity index (χ2n) is 7.37. The van der Waals surface area contributed by atoms with Crippen molar-refractivity contribution in [2.75, 3.05) is 39.5 Å². The molecule has 0 aromatic heterocycles. The molecule has 27 heavy (non-hydrogen) atoms. The monoisotopic (exact) mass is 376 g/mol. The first kappa shape index (κ1) is 20.0. The summed E-state index contributed by atoms with van der Waals surface area (Å²) in [7, 11) is 0. The lowest BCUT2D eigenvalue weighted by atomic mass is 9.94. The summed E-state index contributed by atoms with van der Waals surface area (Å²) in [4.78, 5) is 17.0. The van der Waals surface area contributed by atoms with Gasteiger partial charge in [-0.05, 0) is 37.5 Å². The SMILES string of the molecule is CCN(Cc1ccc2c(c1)OCCO2)C(=O)CN(CCO)C1CCCCC1. The van der Waals surface area contributed by atoms with Crippen LogP contribution in [0.2, 0.25) is 0 Å². The summed E-state index contributed by atoms with van der Waals surface area (Å²) >= 11 is 0. The minimum absolute atomic E-state index is 0.0953. The fourth-order valence-corrected chi connectivity index (χ4v) is 4.02. The Morgan fingerprint density at radius 2 is 1.89 bits per heavy atom. The topological polar surface area (TPSA) is 62.2 Å². The highest BCUT2D eigenvalue weighted by Crippen LogP contribution is 2.31. The third kappa shape index (κ3) is 5.36. The van der Waals surface area contributed by atoms with Gasteiger partial charge in [-0.2, -0.15) is 0 Å². The lowest BCUT2D eigenvalue weighted by molar-refractivity contribution is -0.133. The quantitative estimate of drug-likeness (QED) is 0.755. The van der Waals surface area contributed by atoms with Crippen LogP contribution in [-0.4, -0.2) is 66.3 Å². The van der Waals surface area contributed by atoms with Gasteiger partial charge in [-0.15, -0.1) is 0 Å². The third-order valence-electron chi connectivity index (χ3n) is 5.53. The van der Waals surface area contributed by atoms with Crippen LogP contribution in [0.1, 0.15) is 44.6 Å². The van der Waals surface area contributed by atoms with Crippen molar-refractivity contribution in [3.8, 4) is 11.5 Å². The molecule has 0 unspecified atom stereocenters. The summed E-state index contributed by atoms with van der Waals surface area (Å²) in [6.07, 6.45) is 5.97. The molecule has 1 aliphatic heterocycles. The Kier molecular flexibility index (Phi) is 7.35. The number of benzene rings is 1. The van der Waals surface area contributed by atoms with E-state index in [0.717, 1.165) is 29.9 Å². The fourth-order valence-electron chi connectivity index (χ4n) is 4.02. The van der Waals surface area contributed by atoms with Gasteiger partial charge in [-0.3, -0.25) is 9.69 Å². The van der Waals surface area contributed by atoms with Crippen molar-refractivity contribution in [2.24, 2.45) is 0 Å². The van der Waals surface area contributed by atoms with E-state index in [1.165, 1.54) is 19.3 Å². The van der Waals surface area contributed by atoms with Crippen LogP contribution in [0.3, 0.4) is 0 Å². The molecule has 2 aliphatic rings. The molecule has 1 aliphatic carbocycles. The lowest BCUT2D eigenvalue weighted by Crippen LogP contribution is -2.46. The minimum Gasteiger partial charge on any atom is -0.486 e. The van der Waals surface area contributed by atoms with Gasteiger partial charge in [0, 0.05) is 25.7 Å². The van der Waals surface area contributed by atoms with Gasteiger partial charge >= 0.3 is 0 Å². The largest absolute Gasteiger partial charge is 0.486 e. The first-order chi connectivity index (χ1) is 13.2. The summed E-state index contributed by atoms with van der Waals surface area (Å²) in [5, 5.41) is 9.43. The van der Waals surface area contributed by atoms with Crippen LogP contribution in [-0.2, 0) is 11.3 Å². The van der Waals surface area contributed by atoms with E-state index in [2.05, 4.69) is 4.90 Å². The molecular weight excluding hydrogens is 344 g/mol. The van der Waals surface area contributed by atoms with Crippen molar-refractivity contribution in [1.29, 1.82) is 0 Å². The van der Waals surface area contributed by atoms with E-state index in [0.29, 0.717) is 45.4 Å². The number of aliphatic hydroxyl groups excluding tert-OH is 1. The summed E-state index contributed by atoms with van der Waals surface area (Å²) in [6, 6.07) is 6.30. The number of amides is 1. The molecule has 1 heterocycles. The van der Waals surface area contributed by atoms with Gasteiger partial charge in [0.05, 0.1) is 13.2 Å². The summed E-state index contributed by atoms with van der Waals surface area (Å²) < 4.78 is 11.2. The molecule has 6 nitrogen and oxygen atoms in total. The number of aliphatic hydroxyl groups is 1. The number of fused-ring (bicyclic) bond motifs is 1. The normalized spacial score (nSPS) is 17.1. The van der Waals surface area contributed by atoms with Gasteiger partial charge in [0.2, 0.25) is 5.91 Å². The maximum Gasteiger partial charge on any atom is 0.237 e. The highest BCUT2D eigenvalue weighted by atomic mass is 16.6. The van der Waals surface area contributed by atoms with Gasteiger partial charge in [-0.1, -0.05) is 25.3 Å². The highest BCUT2D eigenvalue weighted by Gasteiger charge is 2.24. The van der Waals surface area contributed by atoms with Crippen molar-refractivity contribution in [1.82, 2.24) is 9.80 Å². The molecule has 0 spiro atoms. The number of hydrogen-bond donors (Lipinski definition) is 1. The zero-order valence-electron chi connectivity index (χ0n) is 16.4. The molecule has 1 fully saturated rings. The fraction of sp³-hybridized carbons (Fsp3) is 0.667. The van der Waals surface area contributed by atoms with E-state index in [1.54, 1.807) is 0 Å². The van der Waals surface area contributed by atoms with Crippen molar-refractivity contribution in [3.63, 3.8) is 0 Å². The Balaban J connectivity index is 1.62. The van der Waals surface area contributed by atoms with Crippen LogP contribution in [0.15, 0.2) is 18.2 Å². The Morgan fingerprint density at radius 3 is 2.59 bits per heavy atom. The molecular formula is C21H32N2O4. The average molecular weight is 376 g/mol. The first-order valence-corrected chi connectivity index (χ1v) is 10.2. The van der Waals surface area contributed by atoms with Gasteiger partial charge < -0.3 is 19.5 Å². The molecule has 1 saturated carbocycles. The number of likely N-dealkylation sites (N-methyl/N-ethyl adjacent to an activating group) is 1. The molecule has 0 bridgehead atoms. The molecule has 1 N–H and O–H groups in total. The van der Waals surface area contributed by atoms with E-state index in [1.807, 2.05) is 30.0 Å². The molecule has 1 amide bonds. The van der Waals surface area contributed by atoms with Crippen molar-refractivity contribution in [3.05, 3.63) is 23.8 Å². The Labute approximate surface area is 162 Å². The molecule has 6 heteroatoms.